The maximum Gasteiger partial charge on any atom is 0.278 e. The number of aromatic nitrogens is 1. The molecule has 5 nitrogen and oxygen atoms in total. The first-order valence-corrected chi connectivity index (χ1v) is 7.87. The summed E-state index contributed by atoms with van der Waals surface area (Å²) in [6.45, 7) is 6.80. The molecule has 2 unspecified atom stereocenters. The van der Waals surface area contributed by atoms with Gasteiger partial charge in [-0.15, -0.1) is 0 Å². The molecule has 21 heavy (non-hydrogen) atoms. The van der Waals surface area contributed by atoms with Crippen LogP contribution in [-0.4, -0.2) is 22.5 Å². The Labute approximate surface area is 126 Å². The number of nitro groups is 1. The van der Waals surface area contributed by atoms with Gasteiger partial charge >= 0.3 is 0 Å². The van der Waals surface area contributed by atoms with Crippen LogP contribution in [0.25, 0.3) is 0 Å². The van der Waals surface area contributed by atoms with Crippen molar-refractivity contribution in [2.24, 2.45) is 5.92 Å². The monoisotopic (exact) mass is 291 g/mol. The summed E-state index contributed by atoms with van der Waals surface area (Å²) in [5.41, 5.74) is 2.51. The Balaban J connectivity index is 2.16. The maximum atomic E-state index is 11.2. The quantitative estimate of drug-likeness (QED) is 0.645. The molecule has 0 spiro atoms. The minimum Gasteiger partial charge on any atom is -0.314 e. The van der Waals surface area contributed by atoms with E-state index in [9.17, 15) is 10.1 Å². The second-order valence-electron chi connectivity index (χ2n) is 6.07. The molecule has 2 atom stereocenters. The van der Waals surface area contributed by atoms with E-state index in [2.05, 4.69) is 17.2 Å². The minimum atomic E-state index is -0.280. The van der Waals surface area contributed by atoms with Gasteiger partial charge in [0.15, 0.2) is 0 Å². The molecule has 2 rings (SSSR count). The van der Waals surface area contributed by atoms with Crippen LogP contribution in [0.1, 0.15) is 49.4 Å². The zero-order valence-electron chi connectivity index (χ0n) is 13.2. The third-order valence-corrected chi connectivity index (χ3v) is 4.53. The molecule has 1 aromatic rings. The molecule has 1 aromatic heterocycles. The SMILES string of the molecule is CCCNC1CCCC1Cc1ncc(C)c([N+](=O)[O-])c1C. The van der Waals surface area contributed by atoms with Crippen LogP contribution in [0.5, 0.6) is 0 Å². The molecule has 1 fully saturated rings. The Bertz CT molecular complexity index is 516. The molecule has 1 heterocycles. The zero-order chi connectivity index (χ0) is 15.4. The van der Waals surface area contributed by atoms with E-state index in [1.165, 1.54) is 19.3 Å². The van der Waals surface area contributed by atoms with Crippen molar-refractivity contribution in [3.63, 3.8) is 0 Å². The van der Waals surface area contributed by atoms with Gasteiger partial charge in [-0.1, -0.05) is 13.3 Å². The van der Waals surface area contributed by atoms with Crippen LogP contribution in [0.4, 0.5) is 5.69 Å². The van der Waals surface area contributed by atoms with E-state index >= 15 is 0 Å². The first-order chi connectivity index (χ1) is 10.0. The van der Waals surface area contributed by atoms with E-state index in [0.717, 1.165) is 30.6 Å². The van der Waals surface area contributed by atoms with Gasteiger partial charge in [-0.3, -0.25) is 15.1 Å². The van der Waals surface area contributed by atoms with Crippen molar-refractivity contribution in [3.8, 4) is 0 Å². The first-order valence-electron chi connectivity index (χ1n) is 7.87. The van der Waals surface area contributed by atoms with E-state index in [1.807, 2.05) is 6.92 Å². The molecule has 0 amide bonds. The summed E-state index contributed by atoms with van der Waals surface area (Å²) in [5, 5.41) is 14.8. The predicted octanol–water partition coefficient (Wildman–Crippen LogP) is 3.32. The molecule has 1 aliphatic rings. The van der Waals surface area contributed by atoms with Crippen LogP contribution in [-0.2, 0) is 6.42 Å². The Morgan fingerprint density at radius 1 is 1.43 bits per heavy atom. The second kappa shape index (κ2) is 6.98. The Morgan fingerprint density at radius 2 is 2.19 bits per heavy atom. The third-order valence-electron chi connectivity index (χ3n) is 4.53. The maximum absolute atomic E-state index is 11.2. The van der Waals surface area contributed by atoms with Gasteiger partial charge in [-0.2, -0.15) is 0 Å². The minimum absolute atomic E-state index is 0.232. The normalized spacial score (nSPS) is 21.7. The van der Waals surface area contributed by atoms with Crippen LogP contribution in [0, 0.1) is 29.9 Å². The average molecular weight is 291 g/mol. The predicted molar refractivity (Wildman–Crippen MR) is 83.5 cm³/mol. The lowest BCUT2D eigenvalue weighted by Crippen LogP contribution is -2.34. The smallest absolute Gasteiger partial charge is 0.278 e. The molecule has 116 valence electrons. The van der Waals surface area contributed by atoms with E-state index in [4.69, 9.17) is 0 Å². The molecule has 0 aliphatic heterocycles. The highest BCUT2D eigenvalue weighted by molar-refractivity contribution is 5.47. The largest absolute Gasteiger partial charge is 0.314 e. The van der Waals surface area contributed by atoms with Crippen LogP contribution in [0.3, 0.4) is 0 Å². The highest BCUT2D eigenvalue weighted by Crippen LogP contribution is 2.31. The first kappa shape index (κ1) is 15.9. The lowest BCUT2D eigenvalue weighted by Gasteiger charge is -2.21. The highest BCUT2D eigenvalue weighted by atomic mass is 16.6. The summed E-state index contributed by atoms with van der Waals surface area (Å²) in [5.74, 6) is 0.546. The van der Waals surface area contributed by atoms with Gasteiger partial charge in [-0.25, -0.2) is 0 Å². The van der Waals surface area contributed by atoms with Gasteiger partial charge in [0.05, 0.1) is 10.6 Å². The number of pyridine rings is 1. The van der Waals surface area contributed by atoms with Crippen molar-refractivity contribution in [2.75, 3.05) is 6.54 Å². The summed E-state index contributed by atoms with van der Waals surface area (Å²) in [6, 6.07) is 0.534. The fourth-order valence-electron chi connectivity index (χ4n) is 3.38. The van der Waals surface area contributed by atoms with Crippen LogP contribution in [0.2, 0.25) is 0 Å². The van der Waals surface area contributed by atoms with Crippen molar-refractivity contribution in [2.45, 2.75) is 58.9 Å². The molecule has 0 saturated heterocycles. The van der Waals surface area contributed by atoms with E-state index < -0.39 is 0 Å². The van der Waals surface area contributed by atoms with Crippen molar-refractivity contribution in [1.29, 1.82) is 0 Å². The molecule has 0 radical (unpaired) electrons. The third kappa shape index (κ3) is 3.59. The molecular weight excluding hydrogens is 266 g/mol. The standard InChI is InChI=1S/C16H25N3O2/c1-4-8-17-14-7-5-6-13(14)9-15-12(3)16(19(20)21)11(2)10-18-15/h10,13-14,17H,4-9H2,1-3H3. The zero-order valence-corrected chi connectivity index (χ0v) is 13.2. The Kier molecular flexibility index (Phi) is 5.28. The lowest BCUT2D eigenvalue weighted by molar-refractivity contribution is -0.386. The second-order valence-corrected chi connectivity index (χ2v) is 6.07. The summed E-state index contributed by atoms with van der Waals surface area (Å²) < 4.78 is 0. The van der Waals surface area contributed by atoms with Crippen LogP contribution in [0.15, 0.2) is 6.20 Å². The van der Waals surface area contributed by atoms with Crippen molar-refractivity contribution in [1.82, 2.24) is 10.3 Å². The lowest BCUT2D eigenvalue weighted by atomic mass is 9.94. The number of hydrogen-bond acceptors (Lipinski definition) is 4. The van der Waals surface area contributed by atoms with Crippen molar-refractivity contribution < 1.29 is 4.92 Å². The van der Waals surface area contributed by atoms with Gasteiger partial charge in [0.1, 0.15) is 0 Å². The molecule has 1 N–H and O–H groups in total. The van der Waals surface area contributed by atoms with Gasteiger partial charge < -0.3 is 5.32 Å². The molecule has 1 saturated carbocycles. The fraction of sp³-hybridized carbons (Fsp3) is 0.688. The fourth-order valence-corrected chi connectivity index (χ4v) is 3.38. The summed E-state index contributed by atoms with van der Waals surface area (Å²) in [6.07, 6.45) is 7.25. The molecule has 0 bridgehead atoms. The average Bonchev–Trinajstić information content (AvgIpc) is 2.86. The van der Waals surface area contributed by atoms with Crippen molar-refractivity contribution in [3.05, 3.63) is 33.1 Å². The topological polar surface area (TPSA) is 68.1 Å². The van der Waals surface area contributed by atoms with Gasteiger partial charge in [0, 0.05) is 23.4 Å². The Morgan fingerprint density at radius 3 is 2.86 bits per heavy atom. The Hall–Kier alpha value is -1.49. The van der Waals surface area contributed by atoms with Gasteiger partial charge in [-0.05, 0) is 52.0 Å². The summed E-state index contributed by atoms with van der Waals surface area (Å²) in [7, 11) is 0. The van der Waals surface area contributed by atoms with Gasteiger partial charge in [0.25, 0.3) is 5.69 Å². The molecule has 5 heteroatoms. The highest BCUT2D eigenvalue weighted by Gasteiger charge is 2.29. The van der Waals surface area contributed by atoms with E-state index in [-0.39, 0.29) is 10.6 Å². The number of nitrogens with one attached hydrogen (secondary N) is 1. The molecule has 0 aromatic carbocycles. The van der Waals surface area contributed by atoms with E-state index in [0.29, 0.717) is 17.5 Å². The van der Waals surface area contributed by atoms with Crippen LogP contribution < -0.4 is 5.32 Å². The summed E-state index contributed by atoms with van der Waals surface area (Å²) in [4.78, 5) is 15.4. The van der Waals surface area contributed by atoms with Crippen LogP contribution >= 0.6 is 0 Å². The summed E-state index contributed by atoms with van der Waals surface area (Å²) >= 11 is 0. The van der Waals surface area contributed by atoms with E-state index in [1.54, 1.807) is 13.1 Å². The molecule has 1 aliphatic carbocycles. The van der Waals surface area contributed by atoms with Gasteiger partial charge in [0.2, 0.25) is 0 Å². The number of hydrogen-bond donors (Lipinski definition) is 1. The number of nitrogens with zero attached hydrogens (tertiary/aromatic N) is 2. The number of aryl methyl sites for hydroxylation is 1. The van der Waals surface area contributed by atoms with Crippen molar-refractivity contribution >= 4 is 5.69 Å². The molecular formula is C16H25N3O2. The number of rotatable bonds is 6.